The Hall–Kier alpha value is -1.39. The van der Waals surface area contributed by atoms with Crippen LogP contribution >= 0.6 is 0 Å². The molecule has 0 spiro atoms. The number of aliphatic hydroxyl groups excluding tert-OH is 1. The number of hydrogen-bond donors (Lipinski definition) is 2. The molecule has 16 heavy (non-hydrogen) atoms. The van der Waals surface area contributed by atoms with Gasteiger partial charge in [-0.25, -0.2) is 0 Å². The molecule has 1 amide bonds. The Kier molecular flexibility index (Phi) is 2.69. The lowest BCUT2D eigenvalue weighted by atomic mass is 10.0. The van der Waals surface area contributed by atoms with Crippen LogP contribution in [0, 0.1) is 13.8 Å². The van der Waals surface area contributed by atoms with Gasteiger partial charge in [0.1, 0.15) is 6.04 Å². The number of nitrogens with zero attached hydrogens (tertiary/aromatic N) is 1. The average Bonchev–Trinajstić information content (AvgIpc) is 2.50. The second-order valence-corrected chi connectivity index (χ2v) is 4.14. The summed E-state index contributed by atoms with van der Waals surface area (Å²) in [5.74, 6) is -0.127. The average molecular weight is 220 g/mol. The molecule has 0 saturated carbocycles. The molecule has 1 aliphatic heterocycles. The van der Waals surface area contributed by atoms with Gasteiger partial charge in [-0.05, 0) is 25.0 Å². The van der Waals surface area contributed by atoms with Crippen molar-refractivity contribution in [2.24, 2.45) is 5.73 Å². The third kappa shape index (κ3) is 1.42. The molecule has 0 aromatic heterocycles. The minimum absolute atomic E-state index is 0.0503. The zero-order valence-electron chi connectivity index (χ0n) is 9.53. The minimum Gasteiger partial charge on any atom is -0.395 e. The number of rotatable bonds is 2. The van der Waals surface area contributed by atoms with E-state index in [-0.39, 0.29) is 12.5 Å². The van der Waals surface area contributed by atoms with Gasteiger partial charge < -0.3 is 15.7 Å². The summed E-state index contributed by atoms with van der Waals surface area (Å²) in [4.78, 5) is 13.5. The highest BCUT2D eigenvalue weighted by atomic mass is 16.3. The first-order chi connectivity index (χ1) is 7.57. The largest absolute Gasteiger partial charge is 0.395 e. The molecule has 0 saturated heterocycles. The molecule has 0 bridgehead atoms. The molecule has 4 nitrogen and oxygen atoms in total. The fourth-order valence-electron chi connectivity index (χ4n) is 2.16. The van der Waals surface area contributed by atoms with E-state index in [4.69, 9.17) is 10.8 Å². The summed E-state index contributed by atoms with van der Waals surface area (Å²) in [6.07, 6.45) is 0. The van der Waals surface area contributed by atoms with Crippen LogP contribution in [-0.4, -0.2) is 24.2 Å². The molecule has 1 atom stereocenters. The zero-order valence-corrected chi connectivity index (χ0v) is 9.53. The van der Waals surface area contributed by atoms with E-state index in [1.165, 1.54) is 0 Å². The molecule has 1 heterocycles. The monoisotopic (exact) mass is 220 g/mol. The molecule has 86 valence electrons. The lowest BCUT2D eigenvalue weighted by Crippen LogP contribution is -2.34. The lowest BCUT2D eigenvalue weighted by Gasteiger charge is -2.18. The first-order valence-corrected chi connectivity index (χ1v) is 5.36. The number of β-amino-alcohol motifs (C(OH)–C–C–N with tert-alkyl or cyclic N) is 1. The maximum Gasteiger partial charge on any atom is 0.248 e. The number of carbonyl (C=O) groups excluding carboxylic acids is 1. The number of amides is 1. The number of nitrogens with two attached hydrogens (primary N) is 1. The Morgan fingerprint density at radius 1 is 1.44 bits per heavy atom. The van der Waals surface area contributed by atoms with Gasteiger partial charge in [-0.2, -0.15) is 0 Å². The third-order valence-corrected chi connectivity index (χ3v) is 3.19. The van der Waals surface area contributed by atoms with Crippen molar-refractivity contribution in [2.75, 3.05) is 18.1 Å². The smallest absolute Gasteiger partial charge is 0.248 e. The number of anilines is 1. The summed E-state index contributed by atoms with van der Waals surface area (Å²) in [5.41, 5.74) is 9.79. The highest BCUT2D eigenvalue weighted by Gasteiger charge is 2.35. The normalized spacial score (nSPS) is 19.1. The van der Waals surface area contributed by atoms with Crippen LogP contribution in [0.4, 0.5) is 5.69 Å². The predicted octanol–water partition coefficient (Wildman–Crippen LogP) is 0.642. The fourth-order valence-corrected chi connectivity index (χ4v) is 2.16. The zero-order chi connectivity index (χ0) is 11.9. The molecule has 0 radical (unpaired) electrons. The highest BCUT2D eigenvalue weighted by Crippen LogP contribution is 2.38. The molecular formula is C12H16N2O2. The van der Waals surface area contributed by atoms with E-state index in [2.05, 4.69) is 0 Å². The van der Waals surface area contributed by atoms with Gasteiger partial charge in [0.2, 0.25) is 5.91 Å². The van der Waals surface area contributed by atoms with E-state index in [1.807, 2.05) is 26.0 Å². The molecule has 1 unspecified atom stereocenters. The van der Waals surface area contributed by atoms with E-state index in [9.17, 15) is 4.79 Å². The van der Waals surface area contributed by atoms with Gasteiger partial charge in [0.15, 0.2) is 0 Å². The van der Waals surface area contributed by atoms with Crippen molar-refractivity contribution in [1.29, 1.82) is 0 Å². The molecule has 2 rings (SSSR count). The lowest BCUT2D eigenvalue weighted by molar-refractivity contribution is -0.119. The van der Waals surface area contributed by atoms with Gasteiger partial charge in [0.05, 0.1) is 12.3 Å². The summed E-state index contributed by atoms with van der Waals surface area (Å²) >= 11 is 0. The minimum atomic E-state index is -0.583. The Bertz CT molecular complexity index is 443. The van der Waals surface area contributed by atoms with Crippen LogP contribution in [0.3, 0.4) is 0 Å². The fraction of sp³-hybridized carbons (Fsp3) is 0.417. The Balaban J connectivity index is 2.57. The van der Waals surface area contributed by atoms with Crippen molar-refractivity contribution in [3.8, 4) is 0 Å². The molecule has 0 fully saturated rings. The highest BCUT2D eigenvalue weighted by molar-refractivity contribution is 6.05. The van der Waals surface area contributed by atoms with Crippen molar-refractivity contribution in [2.45, 2.75) is 19.9 Å². The third-order valence-electron chi connectivity index (χ3n) is 3.19. The van der Waals surface area contributed by atoms with Gasteiger partial charge in [0.25, 0.3) is 0 Å². The van der Waals surface area contributed by atoms with Crippen molar-refractivity contribution in [3.63, 3.8) is 0 Å². The maximum absolute atomic E-state index is 11.9. The summed E-state index contributed by atoms with van der Waals surface area (Å²) in [5, 5.41) is 8.98. The van der Waals surface area contributed by atoms with Crippen molar-refractivity contribution in [1.82, 2.24) is 0 Å². The first-order valence-electron chi connectivity index (χ1n) is 5.36. The van der Waals surface area contributed by atoms with Gasteiger partial charge in [0, 0.05) is 12.1 Å². The second-order valence-electron chi connectivity index (χ2n) is 4.14. The van der Waals surface area contributed by atoms with Crippen LogP contribution in [0.5, 0.6) is 0 Å². The van der Waals surface area contributed by atoms with Crippen LogP contribution in [0.15, 0.2) is 12.1 Å². The topological polar surface area (TPSA) is 66.6 Å². The van der Waals surface area contributed by atoms with E-state index < -0.39 is 6.04 Å². The van der Waals surface area contributed by atoms with E-state index in [1.54, 1.807) is 4.90 Å². The number of aryl methyl sites for hydroxylation is 1. The number of hydrogen-bond acceptors (Lipinski definition) is 3. The van der Waals surface area contributed by atoms with Crippen molar-refractivity contribution >= 4 is 11.6 Å². The summed E-state index contributed by atoms with van der Waals surface area (Å²) in [6, 6.07) is 3.29. The Morgan fingerprint density at radius 2 is 2.12 bits per heavy atom. The van der Waals surface area contributed by atoms with Crippen molar-refractivity contribution < 1.29 is 9.90 Å². The van der Waals surface area contributed by atoms with E-state index in [0.29, 0.717) is 6.54 Å². The SMILES string of the molecule is Cc1ccc2c(c1C)N(CCO)C(=O)C2N. The maximum atomic E-state index is 11.9. The number of carbonyl (C=O) groups is 1. The molecule has 1 aromatic carbocycles. The standard InChI is InChI=1S/C12H16N2O2/c1-7-3-4-9-10(13)12(16)14(5-6-15)11(9)8(7)2/h3-4,10,15H,5-6,13H2,1-2H3. The second kappa shape index (κ2) is 3.88. The quantitative estimate of drug-likeness (QED) is 0.768. The van der Waals surface area contributed by atoms with Gasteiger partial charge in [-0.1, -0.05) is 12.1 Å². The van der Waals surface area contributed by atoms with Gasteiger partial charge in [-0.3, -0.25) is 4.79 Å². The van der Waals surface area contributed by atoms with Crippen molar-refractivity contribution in [3.05, 3.63) is 28.8 Å². The van der Waals surface area contributed by atoms with E-state index >= 15 is 0 Å². The number of aliphatic hydroxyl groups is 1. The number of benzene rings is 1. The van der Waals surface area contributed by atoms with Gasteiger partial charge in [-0.15, -0.1) is 0 Å². The van der Waals surface area contributed by atoms with Crippen LogP contribution in [0.2, 0.25) is 0 Å². The van der Waals surface area contributed by atoms with E-state index in [0.717, 1.165) is 22.4 Å². The molecule has 1 aromatic rings. The predicted molar refractivity (Wildman–Crippen MR) is 62.3 cm³/mol. The summed E-state index contributed by atoms with van der Waals surface area (Å²) < 4.78 is 0. The molecule has 1 aliphatic rings. The van der Waals surface area contributed by atoms with Gasteiger partial charge >= 0.3 is 0 Å². The molecule has 3 N–H and O–H groups in total. The Morgan fingerprint density at radius 3 is 2.75 bits per heavy atom. The first kappa shape index (κ1) is 11.1. The molecule has 0 aliphatic carbocycles. The van der Waals surface area contributed by atoms with Crippen LogP contribution < -0.4 is 10.6 Å². The summed E-state index contributed by atoms with van der Waals surface area (Å²) in [6.45, 7) is 4.24. The van der Waals surface area contributed by atoms with Crippen LogP contribution in [-0.2, 0) is 4.79 Å². The number of fused-ring (bicyclic) bond motifs is 1. The molecule has 4 heteroatoms. The molecular weight excluding hydrogens is 204 g/mol. The Labute approximate surface area is 94.7 Å². The summed E-state index contributed by atoms with van der Waals surface area (Å²) in [7, 11) is 0. The van der Waals surface area contributed by atoms with Crippen LogP contribution in [0.25, 0.3) is 0 Å². The van der Waals surface area contributed by atoms with Crippen LogP contribution in [0.1, 0.15) is 22.7 Å².